The monoisotopic (exact) mass is 294 g/mol. The predicted octanol–water partition coefficient (Wildman–Crippen LogP) is 1.56. The second-order valence-corrected chi connectivity index (χ2v) is 5.01. The summed E-state index contributed by atoms with van der Waals surface area (Å²) in [5.74, 6) is -0.820. The van der Waals surface area contributed by atoms with Crippen molar-refractivity contribution in [3.63, 3.8) is 0 Å². The number of aliphatic carboxylic acids is 1. The molecule has 8 nitrogen and oxygen atoms in total. The number of pyridine rings is 1. The van der Waals surface area contributed by atoms with Gasteiger partial charge in [0.15, 0.2) is 0 Å². The first-order valence-corrected chi connectivity index (χ1v) is 6.22. The maximum absolute atomic E-state index is 11.7. The molecule has 0 saturated heterocycles. The molecule has 0 aliphatic heterocycles. The summed E-state index contributed by atoms with van der Waals surface area (Å²) >= 11 is 0. The van der Waals surface area contributed by atoms with E-state index in [1.165, 1.54) is 12.3 Å². The molecule has 1 aromatic rings. The first-order chi connectivity index (χ1) is 9.69. The summed E-state index contributed by atoms with van der Waals surface area (Å²) in [6.07, 6.45) is 0.736. The molecule has 0 spiro atoms. The SMILES string of the molecule is CC(C)(CCC(=O)O)OC(=O)Nc1ccc(C(=N)N)cn1. The average molecular weight is 294 g/mol. The van der Waals surface area contributed by atoms with Crippen molar-refractivity contribution in [2.24, 2.45) is 5.73 Å². The van der Waals surface area contributed by atoms with E-state index in [-0.39, 0.29) is 24.5 Å². The van der Waals surface area contributed by atoms with Crippen LogP contribution in [0.15, 0.2) is 18.3 Å². The van der Waals surface area contributed by atoms with Crippen LogP contribution in [0, 0.1) is 5.41 Å². The lowest BCUT2D eigenvalue weighted by atomic mass is 10.0. The molecule has 0 unspecified atom stereocenters. The molecule has 0 saturated carbocycles. The Morgan fingerprint density at radius 2 is 2.14 bits per heavy atom. The highest BCUT2D eigenvalue weighted by molar-refractivity contribution is 5.95. The molecule has 5 N–H and O–H groups in total. The molecule has 0 bridgehead atoms. The molecule has 0 aromatic carbocycles. The summed E-state index contributed by atoms with van der Waals surface area (Å²) in [5, 5.41) is 18.3. The van der Waals surface area contributed by atoms with Crippen LogP contribution >= 0.6 is 0 Å². The largest absolute Gasteiger partial charge is 0.481 e. The average Bonchev–Trinajstić information content (AvgIpc) is 2.36. The minimum atomic E-state index is -0.950. The number of carboxylic acids is 1. The summed E-state index contributed by atoms with van der Waals surface area (Å²) in [4.78, 5) is 26.1. The Labute approximate surface area is 121 Å². The number of nitrogens with two attached hydrogens (primary N) is 1. The number of amidine groups is 1. The van der Waals surface area contributed by atoms with Gasteiger partial charge in [0.2, 0.25) is 0 Å². The summed E-state index contributed by atoms with van der Waals surface area (Å²) in [6.45, 7) is 3.25. The van der Waals surface area contributed by atoms with Gasteiger partial charge in [-0.3, -0.25) is 15.5 Å². The molecule has 1 rings (SSSR count). The standard InChI is InChI=1S/C13H18N4O4/c1-13(2,6-5-10(18)19)21-12(20)17-9-4-3-8(7-16-9)11(14)15/h3-4,7H,5-6H2,1-2H3,(H3,14,15)(H,18,19)(H,16,17,20). The Morgan fingerprint density at radius 1 is 1.48 bits per heavy atom. The van der Waals surface area contributed by atoms with Gasteiger partial charge in [0.25, 0.3) is 0 Å². The van der Waals surface area contributed by atoms with Gasteiger partial charge in [0.1, 0.15) is 17.3 Å². The summed E-state index contributed by atoms with van der Waals surface area (Å²) in [6, 6.07) is 3.03. The van der Waals surface area contributed by atoms with Crippen LogP contribution in [0.3, 0.4) is 0 Å². The van der Waals surface area contributed by atoms with Crippen LogP contribution in [-0.4, -0.2) is 33.6 Å². The van der Waals surface area contributed by atoms with Gasteiger partial charge in [-0.15, -0.1) is 0 Å². The molecular formula is C13H18N4O4. The van der Waals surface area contributed by atoms with Crippen LogP contribution in [0.5, 0.6) is 0 Å². The second kappa shape index (κ2) is 6.69. The lowest BCUT2D eigenvalue weighted by Crippen LogP contribution is -2.31. The Hall–Kier alpha value is -2.64. The number of ether oxygens (including phenoxy) is 1. The third-order valence-electron chi connectivity index (χ3n) is 2.61. The number of hydrogen-bond donors (Lipinski definition) is 4. The van der Waals surface area contributed by atoms with Crippen LogP contribution in [-0.2, 0) is 9.53 Å². The fourth-order valence-corrected chi connectivity index (χ4v) is 1.47. The van der Waals surface area contributed by atoms with Gasteiger partial charge in [-0.1, -0.05) is 0 Å². The summed E-state index contributed by atoms with van der Waals surface area (Å²) in [5.41, 5.74) is 4.83. The van der Waals surface area contributed by atoms with Crippen molar-refractivity contribution >= 4 is 23.7 Å². The van der Waals surface area contributed by atoms with E-state index in [0.717, 1.165) is 0 Å². The molecule has 0 atom stereocenters. The first kappa shape index (κ1) is 16.4. The number of carbonyl (C=O) groups is 2. The zero-order chi connectivity index (χ0) is 16.0. The third kappa shape index (κ3) is 5.89. The zero-order valence-corrected chi connectivity index (χ0v) is 11.8. The Kier molecular flexibility index (Phi) is 5.23. The fourth-order valence-electron chi connectivity index (χ4n) is 1.47. The number of hydrogen-bond acceptors (Lipinski definition) is 5. The van der Waals surface area contributed by atoms with E-state index in [9.17, 15) is 9.59 Å². The molecule has 1 aromatic heterocycles. The van der Waals surface area contributed by atoms with Crippen molar-refractivity contribution in [3.8, 4) is 0 Å². The number of amides is 1. The Balaban J connectivity index is 2.56. The molecule has 1 heterocycles. The van der Waals surface area contributed by atoms with Gasteiger partial charge in [-0.2, -0.15) is 0 Å². The number of anilines is 1. The topological polar surface area (TPSA) is 138 Å². The lowest BCUT2D eigenvalue weighted by Gasteiger charge is -2.24. The van der Waals surface area contributed by atoms with E-state index < -0.39 is 17.7 Å². The molecule has 0 radical (unpaired) electrons. The van der Waals surface area contributed by atoms with Gasteiger partial charge in [-0.05, 0) is 32.4 Å². The second-order valence-electron chi connectivity index (χ2n) is 5.01. The van der Waals surface area contributed by atoms with Gasteiger partial charge >= 0.3 is 12.1 Å². The third-order valence-corrected chi connectivity index (χ3v) is 2.61. The minimum absolute atomic E-state index is 0.0914. The maximum Gasteiger partial charge on any atom is 0.413 e. The number of nitrogen functional groups attached to an aromatic ring is 1. The van der Waals surface area contributed by atoms with Crippen molar-refractivity contribution in [3.05, 3.63) is 23.9 Å². The minimum Gasteiger partial charge on any atom is -0.481 e. The highest BCUT2D eigenvalue weighted by Crippen LogP contribution is 2.18. The zero-order valence-electron chi connectivity index (χ0n) is 11.8. The van der Waals surface area contributed by atoms with Crippen LogP contribution in [0.4, 0.5) is 10.6 Å². The maximum atomic E-state index is 11.7. The van der Waals surface area contributed by atoms with Gasteiger partial charge in [-0.25, -0.2) is 9.78 Å². The quantitative estimate of drug-likeness (QED) is 0.464. The van der Waals surface area contributed by atoms with Gasteiger partial charge < -0.3 is 15.6 Å². The number of carbonyl (C=O) groups excluding carboxylic acids is 1. The molecule has 8 heteroatoms. The number of rotatable bonds is 6. The van der Waals surface area contributed by atoms with Crippen LogP contribution in [0.25, 0.3) is 0 Å². The number of carboxylic acid groups (broad SMARTS) is 1. The summed E-state index contributed by atoms with van der Waals surface area (Å²) in [7, 11) is 0. The molecule has 1 amide bonds. The van der Waals surface area contributed by atoms with Crippen molar-refractivity contribution in [1.29, 1.82) is 5.41 Å². The van der Waals surface area contributed by atoms with Crippen molar-refractivity contribution in [2.75, 3.05) is 5.32 Å². The van der Waals surface area contributed by atoms with E-state index in [0.29, 0.717) is 5.56 Å². The smallest absolute Gasteiger partial charge is 0.413 e. The van der Waals surface area contributed by atoms with E-state index >= 15 is 0 Å². The molecule has 0 fully saturated rings. The highest BCUT2D eigenvalue weighted by Gasteiger charge is 2.24. The van der Waals surface area contributed by atoms with Crippen LogP contribution in [0.1, 0.15) is 32.3 Å². The Morgan fingerprint density at radius 3 is 2.62 bits per heavy atom. The molecule has 0 aliphatic carbocycles. The van der Waals surface area contributed by atoms with E-state index in [4.69, 9.17) is 21.0 Å². The fraction of sp³-hybridized carbons (Fsp3) is 0.385. The van der Waals surface area contributed by atoms with Crippen molar-refractivity contribution in [2.45, 2.75) is 32.3 Å². The highest BCUT2D eigenvalue weighted by atomic mass is 16.6. The van der Waals surface area contributed by atoms with Crippen molar-refractivity contribution in [1.82, 2.24) is 4.98 Å². The van der Waals surface area contributed by atoms with E-state index in [1.54, 1.807) is 19.9 Å². The van der Waals surface area contributed by atoms with Gasteiger partial charge in [0.05, 0.1) is 0 Å². The molecular weight excluding hydrogens is 276 g/mol. The normalized spacial score (nSPS) is 10.8. The number of nitrogens with zero attached hydrogens (tertiary/aromatic N) is 1. The van der Waals surface area contributed by atoms with Crippen molar-refractivity contribution < 1.29 is 19.4 Å². The van der Waals surface area contributed by atoms with E-state index in [1.807, 2.05) is 0 Å². The Bertz CT molecular complexity index is 540. The molecule has 114 valence electrons. The van der Waals surface area contributed by atoms with Crippen LogP contribution < -0.4 is 11.1 Å². The molecule has 21 heavy (non-hydrogen) atoms. The number of aromatic nitrogens is 1. The van der Waals surface area contributed by atoms with E-state index in [2.05, 4.69) is 10.3 Å². The van der Waals surface area contributed by atoms with Crippen LogP contribution in [0.2, 0.25) is 0 Å². The molecule has 0 aliphatic rings. The lowest BCUT2D eigenvalue weighted by molar-refractivity contribution is -0.138. The first-order valence-electron chi connectivity index (χ1n) is 6.22. The van der Waals surface area contributed by atoms with Gasteiger partial charge in [0, 0.05) is 18.2 Å². The summed E-state index contributed by atoms with van der Waals surface area (Å²) < 4.78 is 5.15. The number of nitrogens with one attached hydrogen (secondary N) is 2. The predicted molar refractivity (Wildman–Crippen MR) is 76.3 cm³/mol.